The van der Waals surface area contributed by atoms with Crippen LogP contribution in [0, 0.1) is 17.8 Å². The largest absolute Gasteiger partial charge is 0.393 e. The van der Waals surface area contributed by atoms with Gasteiger partial charge in [-0.15, -0.1) is 0 Å². The molecule has 0 bridgehead atoms. The maximum Gasteiger partial charge on any atom is 0.0545 e. The van der Waals surface area contributed by atoms with E-state index >= 15 is 0 Å². The van der Waals surface area contributed by atoms with Crippen molar-refractivity contribution in [2.24, 2.45) is 17.8 Å². The second-order valence-corrected chi connectivity index (χ2v) is 4.34. The molecule has 0 aromatic carbocycles. The molecule has 0 radical (unpaired) electrons. The van der Waals surface area contributed by atoms with Crippen molar-refractivity contribution in [1.82, 2.24) is 0 Å². The first-order chi connectivity index (χ1) is 5.69. The van der Waals surface area contributed by atoms with Gasteiger partial charge in [0.05, 0.1) is 6.10 Å². The highest BCUT2D eigenvalue weighted by molar-refractivity contribution is 4.84. The van der Waals surface area contributed by atoms with E-state index in [2.05, 4.69) is 20.8 Å². The fourth-order valence-corrected chi connectivity index (χ4v) is 2.80. The molecule has 0 aliphatic heterocycles. The smallest absolute Gasteiger partial charge is 0.0545 e. The molecular formula is C11H22O. The fourth-order valence-electron chi connectivity index (χ4n) is 2.80. The summed E-state index contributed by atoms with van der Waals surface area (Å²) in [4.78, 5) is 0. The van der Waals surface area contributed by atoms with Crippen molar-refractivity contribution >= 4 is 0 Å². The molecule has 0 spiro atoms. The van der Waals surface area contributed by atoms with Crippen LogP contribution in [0.5, 0.6) is 0 Å². The van der Waals surface area contributed by atoms with E-state index in [1.165, 1.54) is 12.8 Å². The molecule has 3 unspecified atom stereocenters. The molecule has 1 aliphatic carbocycles. The predicted molar refractivity (Wildman–Crippen MR) is 52.0 cm³/mol. The van der Waals surface area contributed by atoms with E-state index in [1.807, 2.05) is 0 Å². The zero-order valence-electron chi connectivity index (χ0n) is 8.59. The van der Waals surface area contributed by atoms with E-state index in [-0.39, 0.29) is 6.10 Å². The second kappa shape index (κ2) is 4.27. The first kappa shape index (κ1) is 10.0. The van der Waals surface area contributed by atoms with Gasteiger partial charge in [-0.2, -0.15) is 0 Å². The van der Waals surface area contributed by atoms with E-state index in [9.17, 15) is 5.11 Å². The molecule has 1 saturated carbocycles. The Kier molecular flexibility index (Phi) is 3.57. The van der Waals surface area contributed by atoms with Crippen LogP contribution < -0.4 is 0 Å². The minimum atomic E-state index is -0.00870. The predicted octanol–water partition coefficient (Wildman–Crippen LogP) is 2.83. The summed E-state index contributed by atoms with van der Waals surface area (Å²) >= 11 is 0. The molecule has 1 fully saturated rings. The molecule has 0 aromatic heterocycles. The van der Waals surface area contributed by atoms with Gasteiger partial charge < -0.3 is 5.11 Å². The molecule has 1 N–H and O–H groups in total. The van der Waals surface area contributed by atoms with Crippen molar-refractivity contribution in [3.63, 3.8) is 0 Å². The lowest BCUT2D eigenvalue weighted by atomic mass is 9.82. The van der Waals surface area contributed by atoms with Crippen molar-refractivity contribution in [2.75, 3.05) is 0 Å². The lowest BCUT2D eigenvalue weighted by Crippen LogP contribution is -2.16. The van der Waals surface area contributed by atoms with Gasteiger partial charge in [0.15, 0.2) is 0 Å². The molecule has 0 saturated heterocycles. The van der Waals surface area contributed by atoms with Gasteiger partial charge >= 0.3 is 0 Å². The Morgan fingerprint density at radius 3 is 2.17 bits per heavy atom. The summed E-state index contributed by atoms with van der Waals surface area (Å²) in [5.74, 6) is 2.37. The molecule has 1 aliphatic rings. The molecule has 0 heterocycles. The zero-order chi connectivity index (χ0) is 9.14. The Morgan fingerprint density at radius 2 is 1.83 bits per heavy atom. The van der Waals surface area contributed by atoms with Crippen LogP contribution in [0.2, 0.25) is 0 Å². The number of aliphatic hydroxyl groups excluding tert-OH is 1. The van der Waals surface area contributed by atoms with Crippen LogP contribution in [-0.4, -0.2) is 11.2 Å². The molecule has 0 aromatic rings. The van der Waals surface area contributed by atoms with Gasteiger partial charge in [0, 0.05) is 0 Å². The zero-order valence-corrected chi connectivity index (χ0v) is 8.59. The Balaban J connectivity index is 2.50. The van der Waals surface area contributed by atoms with Crippen LogP contribution >= 0.6 is 0 Å². The molecule has 1 rings (SSSR count). The van der Waals surface area contributed by atoms with Crippen LogP contribution in [0.3, 0.4) is 0 Å². The van der Waals surface area contributed by atoms with Gasteiger partial charge in [-0.3, -0.25) is 0 Å². The molecule has 0 amide bonds. The lowest BCUT2D eigenvalue weighted by molar-refractivity contribution is 0.169. The Morgan fingerprint density at radius 1 is 1.25 bits per heavy atom. The number of hydrogen-bond acceptors (Lipinski definition) is 1. The summed E-state index contributed by atoms with van der Waals surface area (Å²) < 4.78 is 0. The summed E-state index contributed by atoms with van der Waals surface area (Å²) in [6, 6.07) is 0. The van der Waals surface area contributed by atoms with Crippen LogP contribution in [-0.2, 0) is 0 Å². The third kappa shape index (κ3) is 2.01. The third-order valence-electron chi connectivity index (χ3n) is 3.57. The summed E-state index contributed by atoms with van der Waals surface area (Å²) in [6.45, 7) is 6.83. The van der Waals surface area contributed by atoms with Crippen LogP contribution in [0.4, 0.5) is 0 Å². The maximum atomic E-state index is 9.51. The van der Waals surface area contributed by atoms with E-state index in [1.54, 1.807) is 0 Å². The van der Waals surface area contributed by atoms with Crippen molar-refractivity contribution in [2.45, 2.75) is 52.6 Å². The molecule has 12 heavy (non-hydrogen) atoms. The van der Waals surface area contributed by atoms with Crippen LogP contribution in [0.15, 0.2) is 0 Å². The maximum absolute atomic E-state index is 9.51. The SMILES string of the molecule is CCC(CC)C1CC(O)CC1C. The average molecular weight is 170 g/mol. The quantitative estimate of drug-likeness (QED) is 0.690. The average Bonchev–Trinajstić information content (AvgIpc) is 2.34. The van der Waals surface area contributed by atoms with E-state index in [0.717, 1.165) is 30.6 Å². The Hall–Kier alpha value is -0.0400. The van der Waals surface area contributed by atoms with Gasteiger partial charge in [-0.1, -0.05) is 33.6 Å². The highest BCUT2D eigenvalue weighted by Gasteiger charge is 2.33. The van der Waals surface area contributed by atoms with Crippen molar-refractivity contribution < 1.29 is 5.11 Å². The number of rotatable bonds is 3. The van der Waals surface area contributed by atoms with E-state index < -0.39 is 0 Å². The van der Waals surface area contributed by atoms with Gasteiger partial charge in [0.2, 0.25) is 0 Å². The minimum absolute atomic E-state index is 0.00870. The molecule has 3 atom stereocenters. The standard InChI is InChI=1S/C11H22O/c1-4-9(5-2)11-7-10(12)6-8(11)3/h8-12H,4-7H2,1-3H3. The van der Waals surface area contributed by atoms with Crippen LogP contribution in [0.25, 0.3) is 0 Å². The monoisotopic (exact) mass is 170 g/mol. The normalized spacial score (nSPS) is 36.2. The molecular weight excluding hydrogens is 148 g/mol. The molecule has 72 valence electrons. The summed E-state index contributed by atoms with van der Waals surface area (Å²) in [5.41, 5.74) is 0. The highest BCUT2D eigenvalue weighted by Crippen LogP contribution is 2.39. The van der Waals surface area contributed by atoms with Gasteiger partial charge in [-0.05, 0) is 30.6 Å². The first-order valence-corrected chi connectivity index (χ1v) is 5.37. The van der Waals surface area contributed by atoms with Gasteiger partial charge in [0.1, 0.15) is 0 Å². The van der Waals surface area contributed by atoms with Gasteiger partial charge in [0.25, 0.3) is 0 Å². The molecule has 1 heteroatoms. The summed E-state index contributed by atoms with van der Waals surface area (Å²) in [5, 5.41) is 9.51. The van der Waals surface area contributed by atoms with Crippen LogP contribution in [0.1, 0.15) is 46.5 Å². The first-order valence-electron chi connectivity index (χ1n) is 5.37. The lowest BCUT2D eigenvalue weighted by Gasteiger charge is -2.24. The highest BCUT2D eigenvalue weighted by atomic mass is 16.3. The summed E-state index contributed by atoms with van der Waals surface area (Å²) in [7, 11) is 0. The number of aliphatic hydroxyl groups is 1. The number of hydrogen-bond donors (Lipinski definition) is 1. The Bertz CT molecular complexity index is 129. The van der Waals surface area contributed by atoms with E-state index in [4.69, 9.17) is 0 Å². The van der Waals surface area contributed by atoms with Crippen molar-refractivity contribution in [3.8, 4) is 0 Å². The third-order valence-corrected chi connectivity index (χ3v) is 3.57. The topological polar surface area (TPSA) is 20.2 Å². The minimum Gasteiger partial charge on any atom is -0.393 e. The van der Waals surface area contributed by atoms with Gasteiger partial charge in [-0.25, -0.2) is 0 Å². The molecule has 1 nitrogen and oxygen atoms in total. The second-order valence-electron chi connectivity index (χ2n) is 4.34. The summed E-state index contributed by atoms with van der Waals surface area (Å²) in [6.07, 6.45) is 4.62. The fraction of sp³-hybridized carbons (Fsp3) is 1.00. The van der Waals surface area contributed by atoms with E-state index in [0.29, 0.717) is 0 Å². The van der Waals surface area contributed by atoms with Crippen molar-refractivity contribution in [3.05, 3.63) is 0 Å². The van der Waals surface area contributed by atoms with Crippen molar-refractivity contribution in [1.29, 1.82) is 0 Å². The Labute approximate surface area is 76.2 Å².